The van der Waals surface area contributed by atoms with Crippen LogP contribution in [-0.4, -0.2) is 7.11 Å². The van der Waals surface area contributed by atoms with Crippen molar-refractivity contribution in [3.63, 3.8) is 0 Å². The average Bonchev–Trinajstić information content (AvgIpc) is 2.30. The number of hydrogen-bond acceptors (Lipinski definition) is 1. The molecule has 0 aliphatic heterocycles. The van der Waals surface area contributed by atoms with Gasteiger partial charge in [-0.3, -0.25) is 0 Å². The van der Waals surface area contributed by atoms with E-state index in [0.717, 1.165) is 0 Å². The molecule has 0 aliphatic rings. The lowest BCUT2D eigenvalue weighted by Gasteiger charge is -2.10. The molecule has 0 aliphatic carbocycles. The van der Waals surface area contributed by atoms with Crippen molar-refractivity contribution in [3.05, 3.63) is 51.2 Å². The summed E-state index contributed by atoms with van der Waals surface area (Å²) in [5.74, 6) is 0.0930. The number of ether oxygens (including phenoxy) is 1. The van der Waals surface area contributed by atoms with Crippen molar-refractivity contribution in [3.8, 4) is 16.9 Å². The Morgan fingerprint density at radius 2 is 1.61 bits per heavy atom. The number of hydrogen-bond donors (Lipinski definition) is 0. The van der Waals surface area contributed by atoms with Gasteiger partial charge in [0.25, 0.3) is 0 Å². The molecule has 0 radical (unpaired) electrons. The largest absolute Gasteiger partial charge is 0.497 e. The highest BCUT2D eigenvalue weighted by molar-refractivity contribution is 6.41. The SMILES string of the molecule is COc1ccc(F)c(-c2c(Cl)cc(Cl)cc2Cl)c1. The summed E-state index contributed by atoms with van der Waals surface area (Å²) in [5, 5.41) is 0.983. The fourth-order valence-electron chi connectivity index (χ4n) is 1.62. The summed E-state index contributed by atoms with van der Waals surface area (Å²) in [6.07, 6.45) is 0. The van der Waals surface area contributed by atoms with E-state index in [2.05, 4.69) is 0 Å². The normalized spacial score (nSPS) is 10.5. The van der Waals surface area contributed by atoms with Crippen LogP contribution in [0.4, 0.5) is 4.39 Å². The van der Waals surface area contributed by atoms with Crippen molar-refractivity contribution in [2.24, 2.45) is 0 Å². The summed E-state index contributed by atoms with van der Waals surface area (Å²) in [7, 11) is 1.50. The summed E-state index contributed by atoms with van der Waals surface area (Å²) in [4.78, 5) is 0. The number of benzene rings is 2. The van der Waals surface area contributed by atoms with Crippen LogP contribution in [0.25, 0.3) is 11.1 Å². The molecule has 0 saturated heterocycles. The maximum atomic E-state index is 13.8. The van der Waals surface area contributed by atoms with Gasteiger partial charge < -0.3 is 4.74 Å². The summed E-state index contributed by atoms with van der Waals surface area (Å²) in [6, 6.07) is 7.40. The highest BCUT2D eigenvalue weighted by Gasteiger charge is 2.15. The molecule has 0 spiro atoms. The van der Waals surface area contributed by atoms with Crippen LogP contribution in [0.3, 0.4) is 0 Å². The third kappa shape index (κ3) is 2.56. The molecule has 0 amide bonds. The predicted octanol–water partition coefficient (Wildman–Crippen LogP) is 5.46. The van der Waals surface area contributed by atoms with Crippen molar-refractivity contribution >= 4 is 34.8 Å². The van der Waals surface area contributed by atoms with Crippen LogP contribution in [0, 0.1) is 5.82 Å². The van der Waals surface area contributed by atoms with Gasteiger partial charge in [-0.05, 0) is 30.3 Å². The van der Waals surface area contributed by atoms with E-state index in [-0.39, 0.29) is 5.56 Å². The molecule has 94 valence electrons. The molecule has 0 saturated carbocycles. The van der Waals surface area contributed by atoms with Crippen molar-refractivity contribution in [1.82, 2.24) is 0 Å². The van der Waals surface area contributed by atoms with Crippen LogP contribution in [-0.2, 0) is 0 Å². The molecule has 0 heterocycles. The second-order valence-corrected chi connectivity index (χ2v) is 4.84. The molecular formula is C13H8Cl3FO. The molecule has 1 nitrogen and oxygen atoms in total. The molecule has 0 N–H and O–H groups in total. The molecule has 0 atom stereocenters. The predicted molar refractivity (Wildman–Crippen MR) is 73.4 cm³/mol. The van der Waals surface area contributed by atoms with Crippen LogP contribution < -0.4 is 4.74 Å². The monoisotopic (exact) mass is 304 g/mol. The van der Waals surface area contributed by atoms with Gasteiger partial charge in [-0.2, -0.15) is 0 Å². The van der Waals surface area contributed by atoms with E-state index >= 15 is 0 Å². The Bertz CT molecular complexity index is 576. The molecule has 0 unspecified atom stereocenters. The van der Waals surface area contributed by atoms with Gasteiger partial charge in [-0.25, -0.2) is 4.39 Å². The number of methoxy groups -OCH3 is 1. The van der Waals surface area contributed by atoms with Gasteiger partial charge in [0.05, 0.1) is 17.2 Å². The lowest BCUT2D eigenvalue weighted by Crippen LogP contribution is -1.90. The first kappa shape index (κ1) is 13.5. The van der Waals surface area contributed by atoms with E-state index in [1.807, 2.05) is 0 Å². The van der Waals surface area contributed by atoms with Gasteiger partial charge in [-0.1, -0.05) is 34.8 Å². The summed E-state index contributed by atoms with van der Waals surface area (Å²) >= 11 is 17.9. The third-order valence-corrected chi connectivity index (χ3v) is 3.26. The van der Waals surface area contributed by atoms with Gasteiger partial charge in [0.1, 0.15) is 11.6 Å². The van der Waals surface area contributed by atoms with Gasteiger partial charge in [0.2, 0.25) is 0 Å². The highest BCUT2D eigenvalue weighted by atomic mass is 35.5. The van der Waals surface area contributed by atoms with E-state index in [1.165, 1.54) is 37.4 Å². The first-order valence-corrected chi connectivity index (χ1v) is 6.14. The Morgan fingerprint density at radius 3 is 2.17 bits per heavy atom. The standard InChI is InChI=1S/C13H8Cl3FO/c1-18-8-2-3-12(17)9(6-8)13-10(15)4-7(14)5-11(13)16/h2-6H,1H3. The zero-order valence-electron chi connectivity index (χ0n) is 9.31. The van der Waals surface area contributed by atoms with E-state index in [9.17, 15) is 4.39 Å². The molecule has 18 heavy (non-hydrogen) atoms. The van der Waals surface area contributed by atoms with Gasteiger partial charge in [-0.15, -0.1) is 0 Å². The summed E-state index contributed by atoms with van der Waals surface area (Å²) < 4.78 is 18.9. The molecule has 2 aromatic rings. The van der Waals surface area contributed by atoms with Crippen LogP contribution in [0.1, 0.15) is 0 Å². The first-order chi connectivity index (χ1) is 8.52. The van der Waals surface area contributed by atoms with E-state index in [1.54, 1.807) is 0 Å². The van der Waals surface area contributed by atoms with E-state index in [0.29, 0.717) is 26.4 Å². The van der Waals surface area contributed by atoms with E-state index < -0.39 is 5.82 Å². The molecule has 2 aromatic carbocycles. The Morgan fingerprint density at radius 1 is 1.00 bits per heavy atom. The zero-order chi connectivity index (χ0) is 13.3. The topological polar surface area (TPSA) is 9.23 Å². The van der Waals surface area contributed by atoms with Crippen LogP contribution in [0.15, 0.2) is 30.3 Å². The molecular weight excluding hydrogens is 297 g/mol. The Hall–Kier alpha value is -0.960. The summed E-state index contributed by atoms with van der Waals surface area (Å²) in [6.45, 7) is 0. The molecule has 5 heteroatoms. The van der Waals surface area contributed by atoms with Crippen molar-refractivity contribution in [1.29, 1.82) is 0 Å². The minimum absolute atomic E-state index is 0.279. The fourth-order valence-corrected chi connectivity index (χ4v) is 2.64. The van der Waals surface area contributed by atoms with Crippen molar-refractivity contribution in [2.75, 3.05) is 7.11 Å². The average molecular weight is 306 g/mol. The fraction of sp³-hybridized carbons (Fsp3) is 0.0769. The highest BCUT2D eigenvalue weighted by Crippen LogP contribution is 2.39. The van der Waals surface area contributed by atoms with Gasteiger partial charge in [0.15, 0.2) is 0 Å². The molecule has 0 bridgehead atoms. The Labute approximate surface area is 119 Å². The lowest BCUT2D eigenvalue weighted by atomic mass is 10.0. The Kier molecular flexibility index (Phi) is 4.00. The van der Waals surface area contributed by atoms with Crippen LogP contribution in [0.2, 0.25) is 15.1 Å². The smallest absolute Gasteiger partial charge is 0.131 e. The van der Waals surface area contributed by atoms with Crippen LogP contribution in [0.5, 0.6) is 5.75 Å². The molecule has 2 rings (SSSR count). The lowest BCUT2D eigenvalue weighted by molar-refractivity contribution is 0.414. The van der Waals surface area contributed by atoms with Gasteiger partial charge in [0, 0.05) is 16.1 Å². The van der Waals surface area contributed by atoms with Crippen LogP contribution >= 0.6 is 34.8 Å². The third-order valence-electron chi connectivity index (χ3n) is 2.45. The maximum Gasteiger partial charge on any atom is 0.131 e. The maximum absolute atomic E-state index is 13.8. The minimum Gasteiger partial charge on any atom is -0.497 e. The molecule has 0 aromatic heterocycles. The Balaban J connectivity index is 2.68. The zero-order valence-corrected chi connectivity index (χ0v) is 11.6. The second kappa shape index (κ2) is 5.35. The van der Waals surface area contributed by atoms with Crippen molar-refractivity contribution < 1.29 is 9.13 Å². The second-order valence-electron chi connectivity index (χ2n) is 3.59. The number of halogens is 4. The number of rotatable bonds is 2. The minimum atomic E-state index is -0.429. The van der Waals surface area contributed by atoms with E-state index in [4.69, 9.17) is 39.5 Å². The first-order valence-electron chi connectivity index (χ1n) is 5.01. The molecule has 0 fully saturated rings. The quantitative estimate of drug-likeness (QED) is 0.715. The summed E-state index contributed by atoms with van der Waals surface area (Å²) in [5.41, 5.74) is 0.681. The van der Waals surface area contributed by atoms with Gasteiger partial charge >= 0.3 is 0 Å². The van der Waals surface area contributed by atoms with Crippen molar-refractivity contribution in [2.45, 2.75) is 0 Å².